The summed E-state index contributed by atoms with van der Waals surface area (Å²) < 4.78 is 7.08. The lowest BCUT2D eigenvalue weighted by Gasteiger charge is -2.18. The molecule has 1 saturated carbocycles. The quantitative estimate of drug-likeness (QED) is 0.565. The second kappa shape index (κ2) is 9.13. The van der Waals surface area contributed by atoms with Gasteiger partial charge in [0.15, 0.2) is 6.61 Å². The molecule has 1 aliphatic rings. The van der Waals surface area contributed by atoms with Gasteiger partial charge >= 0.3 is 0 Å². The minimum atomic E-state index is -1.03. The molecule has 0 saturated heterocycles. The third-order valence-electron chi connectivity index (χ3n) is 4.75. The Kier molecular flexibility index (Phi) is 6.61. The summed E-state index contributed by atoms with van der Waals surface area (Å²) in [7, 11) is 3.90. The fourth-order valence-corrected chi connectivity index (χ4v) is 3.43. The van der Waals surface area contributed by atoms with E-state index >= 15 is 0 Å². The molecule has 0 spiro atoms. The van der Waals surface area contributed by atoms with Gasteiger partial charge < -0.3 is 25.2 Å². The van der Waals surface area contributed by atoms with Gasteiger partial charge in [-0.1, -0.05) is 23.4 Å². The molecule has 4 atom stereocenters. The Morgan fingerprint density at radius 2 is 2.04 bits per heavy atom. The van der Waals surface area contributed by atoms with Crippen molar-refractivity contribution in [1.82, 2.24) is 25.2 Å². The van der Waals surface area contributed by atoms with E-state index in [9.17, 15) is 15.0 Å². The van der Waals surface area contributed by atoms with Gasteiger partial charge in [-0.2, -0.15) is 0 Å². The van der Waals surface area contributed by atoms with Gasteiger partial charge in [-0.25, -0.2) is 0 Å². The molecule has 0 bridgehead atoms. The Balaban J connectivity index is 1.50. The summed E-state index contributed by atoms with van der Waals surface area (Å²) in [5, 5.41) is 31.6. The van der Waals surface area contributed by atoms with Crippen LogP contribution in [-0.2, 0) is 17.9 Å². The highest BCUT2D eigenvalue weighted by Crippen LogP contribution is 2.28. The first-order valence-corrected chi connectivity index (χ1v) is 9.29. The standard InChI is InChI=1S/C19H27N5O4/c1-23(2)10-14-11-24(22-21-14)9-13-8-16(19(27)18(13)26)20-17(25)12-28-15-6-4-3-5-7-15/h3-7,11,13,16,18-19,26-27H,8-10,12H2,1-2H3,(H,20,25). The lowest BCUT2D eigenvalue weighted by atomic mass is 10.1. The highest BCUT2D eigenvalue weighted by Gasteiger charge is 2.42. The number of ether oxygens (including phenoxy) is 1. The van der Waals surface area contributed by atoms with E-state index in [0.29, 0.717) is 25.3 Å². The number of hydrogen-bond acceptors (Lipinski definition) is 7. The second-order valence-corrected chi connectivity index (χ2v) is 7.42. The number of aromatic nitrogens is 3. The van der Waals surface area contributed by atoms with Crippen molar-refractivity contribution in [3.05, 3.63) is 42.2 Å². The lowest BCUT2D eigenvalue weighted by Crippen LogP contribution is -2.44. The van der Waals surface area contributed by atoms with Gasteiger partial charge in [0.1, 0.15) is 11.9 Å². The zero-order chi connectivity index (χ0) is 20.1. The van der Waals surface area contributed by atoms with Gasteiger partial charge in [0.25, 0.3) is 5.91 Å². The minimum Gasteiger partial charge on any atom is -0.484 e. The molecule has 2 aromatic rings. The molecule has 9 nitrogen and oxygen atoms in total. The highest BCUT2D eigenvalue weighted by atomic mass is 16.5. The van der Waals surface area contributed by atoms with Crippen LogP contribution in [0.3, 0.4) is 0 Å². The summed E-state index contributed by atoms with van der Waals surface area (Å²) in [6.07, 6.45) is 0.304. The van der Waals surface area contributed by atoms with Crippen molar-refractivity contribution in [3.63, 3.8) is 0 Å². The number of para-hydroxylation sites is 1. The third kappa shape index (κ3) is 5.28. The van der Waals surface area contributed by atoms with E-state index in [4.69, 9.17) is 4.74 Å². The molecule has 3 N–H and O–H groups in total. The third-order valence-corrected chi connectivity index (χ3v) is 4.75. The van der Waals surface area contributed by atoms with Gasteiger partial charge in [0.2, 0.25) is 0 Å². The summed E-state index contributed by atoms with van der Waals surface area (Å²) in [5.41, 5.74) is 0.834. The molecule has 3 rings (SSSR count). The first kappa shape index (κ1) is 20.2. The fraction of sp³-hybridized carbons (Fsp3) is 0.526. The molecular weight excluding hydrogens is 362 g/mol. The van der Waals surface area contributed by atoms with Gasteiger partial charge in [-0.15, -0.1) is 5.10 Å². The van der Waals surface area contributed by atoms with Crippen molar-refractivity contribution >= 4 is 5.91 Å². The average Bonchev–Trinajstić information content (AvgIpc) is 3.20. The van der Waals surface area contributed by atoms with Crippen LogP contribution in [0.2, 0.25) is 0 Å². The summed E-state index contributed by atoms with van der Waals surface area (Å²) in [4.78, 5) is 14.1. The molecule has 1 heterocycles. The number of aliphatic hydroxyl groups excluding tert-OH is 2. The van der Waals surface area contributed by atoms with Crippen molar-refractivity contribution in [3.8, 4) is 5.75 Å². The molecule has 152 valence electrons. The van der Waals surface area contributed by atoms with Crippen molar-refractivity contribution in [2.45, 2.75) is 37.8 Å². The maximum atomic E-state index is 12.1. The van der Waals surface area contributed by atoms with Crippen molar-refractivity contribution < 1.29 is 19.7 Å². The van der Waals surface area contributed by atoms with E-state index in [1.807, 2.05) is 43.4 Å². The second-order valence-electron chi connectivity index (χ2n) is 7.42. The topological polar surface area (TPSA) is 113 Å². The molecule has 1 aliphatic carbocycles. The molecule has 9 heteroatoms. The molecule has 0 aliphatic heterocycles. The summed E-state index contributed by atoms with van der Waals surface area (Å²) >= 11 is 0. The predicted octanol–water partition coefficient (Wildman–Crippen LogP) is -0.355. The number of nitrogens with one attached hydrogen (secondary N) is 1. The van der Waals surface area contributed by atoms with E-state index in [1.54, 1.807) is 16.8 Å². The van der Waals surface area contributed by atoms with Crippen LogP contribution >= 0.6 is 0 Å². The number of carbonyl (C=O) groups is 1. The number of carbonyl (C=O) groups excluding carboxylic acids is 1. The van der Waals surface area contributed by atoms with Gasteiger partial charge in [-0.05, 0) is 32.6 Å². The van der Waals surface area contributed by atoms with Crippen LogP contribution in [0.25, 0.3) is 0 Å². The van der Waals surface area contributed by atoms with Crippen LogP contribution in [0.15, 0.2) is 36.5 Å². The number of nitrogens with zero attached hydrogens (tertiary/aromatic N) is 4. The maximum absolute atomic E-state index is 12.1. The van der Waals surface area contributed by atoms with E-state index < -0.39 is 18.2 Å². The van der Waals surface area contributed by atoms with Crippen LogP contribution in [-0.4, -0.2) is 75.0 Å². The molecular formula is C19H27N5O4. The fourth-order valence-electron chi connectivity index (χ4n) is 3.43. The van der Waals surface area contributed by atoms with E-state index in [-0.39, 0.29) is 18.4 Å². The van der Waals surface area contributed by atoms with Crippen LogP contribution in [0.4, 0.5) is 0 Å². The van der Waals surface area contributed by atoms with Gasteiger partial charge in [0.05, 0.1) is 17.8 Å². The summed E-state index contributed by atoms with van der Waals surface area (Å²) in [6.45, 7) is 0.951. The van der Waals surface area contributed by atoms with Crippen LogP contribution in [0.1, 0.15) is 12.1 Å². The van der Waals surface area contributed by atoms with Crippen molar-refractivity contribution in [2.75, 3.05) is 20.7 Å². The Morgan fingerprint density at radius 1 is 1.29 bits per heavy atom. The first-order valence-electron chi connectivity index (χ1n) is 9.29. The van der Waals surface area contributed by atoms with Gasteiger partial charge in [0, 0.05) is 25.2 Å². The number of hydrogen-bond donors (Lipinski definition) is 3. The molecule has 1 fully saturated rings. The first-order chi connectivity index (χ1) is 13.4. The lowest BCUT2D eigenvalue weighted by molar-refractivity contribution is -0.124. The molecule has 4 unspecified atom stereocenters. The monoisotopic (exact) mass is 389 g/mol. The number of rotatable bonds is 8. The Morgan fingerprint density at radius 3 is 2.75 bits per heavy atom. The maximum Gasteiger partial charge on any atom is 0.258 e. The molecule has 0 radical (unpaired) electrons. The largest absolute Gasteiger partial charge is 0.484 e. The molecule has 1 aromatic carbocycles. The van der Waals surface area contributed by atoms with E-state index in [2.05, 4.69) is 15.6 Å². The van der Waals surface area contributed by atoms with Crippen LogP contribution in [0, 0.1) is 5.92 Å². The molecule has 1 aromatic heterocycles. The zero-order valence-electron chi connectivity index (χ0n) is 16.1. The highest BCUT2D eigenvalue weighted by molar-refractivity contribution is 5.78. The van der Waals surface area contributed by atoms with Gasteiger partial charge in [-0.3, -0.25) is 9.48 Å². The zero-order valence-corrected chi connectivity index (χ0v) is 16.1. The van der Waals surface area contributed by atoms with E-state index in [1.165, 1.54) is 0 Å². The van der Waals surface area contributed by atoms with Crippen LogP contribution in [0.5, 0.6) is 5.75 Å². The Bertz CT molecular complexity index is 767. The minimum absolute atomic E-state index is 0.148. The Labute approximate surface area is 163 Å². The average molecular weight is 389 g/mol. The van der Waals surface area contributed by atoms with Crippen molar-refractivity contribution in [2.24, 2.45) is 5.92 Å². The van der Waals surface area contributed by atoms with Crippen LogP contribution < -0.4 is 10.1 Å². The Hall–Kier alpha value is -2.49. The predicted molar refractivity (Wildman–Crippen MR) is 101 cm³/mol. The molecule has 1 amide bonds. The SMILES string of the molecule is CN(C)Cc1cn(CC2CC(NC(=O)COc3ccccc3)C(O)C2O)nn1. The molecule has 28 heavy (non-hydrogen) atoms. The van der Waals surface area contributed by atoms with E-state index in [0.717, 1.165) is 5.69 Å². The smallest absolute Gasteiger partial charge is 0.258 e. The summed E-state index contributed by atoms with van der Waals surface area (Å²) in [6, 6.07) is 8.51. The number of benzene rings is 1. The number of amides is 1. The number of aliphatic hydroxyl groups is 2. The normalized spacial score (nSPS) is 24.5. The van der Waals surface area contributed by atoms with Crippen molar-refractivity contribution in [1.29, 1.82) is 0 Å². The summed E-state index contributed by atoms with van der Waals surface area (Å²) in [5.74, 6) is 0.0290.